The lowest BCUT2D eigenvalue weighted by Crippen LogP contribution is -1.92. The van der Waals surface area contributed by atoms with Gasteiger partial charge in [0.15, 0.2) is 6.29 Å². The van der Waals surface area contributed by atoms with Gasteiger partial charge >= 0.3 is 0 Å². The molecular weight excluding hydrogens is 370 g/mol. The van der Waals surface area contributed by atoms with E-state index in [0.29, 0.717) is 21.9 Å². The molecule has 0 fully saturated rings. The molecule has 0 bridgehead atoms. The Labute approximate surface area is 119 Å². The van der Waals surface area contributed by atoms with Crippen molar-refractivity contribution in [2.75, 3.05) is 0 Å². The van der Waals surface area contributed by atoms with Gasteiger partial charge in [-0.05, 0) is 51.8 Å². The van der Waals surface area contributed by atoms with E-state index in [1.807, 2.05) is 0 Å². The molecule has 0 aliphatic rings. The topological polar surface area (TPSA) is 17.1 Å². The fourth-order valence-electron chi connectivity index (χ4n) is 1.57. The van der Waals surface area contributed by atoms with Gasteiger partial charge in [0.2, 0.25) is 0 Å². The molecule has 0 saturated carbocycles. The van der Waals surface area contributed by atoms with Gasteiger partial charge in [0.25, 0.3) is 0 Å². The smallest absolute Gasteiger partial charge is 0.153 e. The number of benzene rings is 2. The van der Waals surface area contributed by atoms with Crippen LogP contribution in [0.4, 0.5) is 8.78 Å². The van der Waals surface area contributed by atoms with Crippen LogP contribution >= 0.6 is 31.9 Å². The van der Waals surface area contributed by atoms with E-state index >= 15 is 0 Å². The van der Waals surface area contributed by atoms with E-state index in [4.69, 9.17) is 0 Å². The van der Waals surface area contributed by atoms with Crippen molar-refractivity contribution < 1.29 is 13.6 Å². The maximum absolute atomic E-state index is 13.7. The zero-order valence-electron chi connectivity index (χ0n) is 8.88. The molecule has 0 aromatic heterocycles. The summed E-state index contributed by atoms with van der Waals surface area (Å²) in [5.41, 5.74) is 0.621. The van der Waals surface area contributed by atoms with E-state index in [-0.39, 0.29) is 10.0 Å². The molecule has 0 radical (unpaired) electrons. The highest BCUT2D eigenvalue weighted by Crippen LogP contribution is 2.30. The van der Waals surface area contributed by atoms with Crippen LogP contribution in [0.25, 0.3) is 11.1 Å². The third kappa shape index (κ3) is 2.52. The van der Waals surface area contributed by atoms with Gasteiger partial charge in [-0.1, -0.05) is 15.9 Å². The molecule has 0 N–H and O–H groups in total. The molecule has 92 valence electrons. The van der Waals surface area contributed by atoms with Gasteiger partial charge in [-0.15, -0.1) is 0 Å². The van der Waals surface area contributed by atoms with Crippen LogP contribution in [-0.2, 0) is 0 Å². The van der Waals surface area contributed by atoms with Crippen molar-refractivity contribution in [2.45, 2.75) is 0 Å². The minimum absolute atomic E-state index is 0.112. The van der Waals surface area contributed by atoms with Crippen molar-refractivity contribution in [3.8, 4) is 11.1 Å². The molecule has 2 rings (SSSR count). The normalized spacial score (nSPS) is 10.4. The molecule has 1 nitrogen and oxygen atoms in total. The maximum atomic E-state index is 13.7. The molecule has 0 aliphatic carbocycles. The van der Waals surface area contributed by atoms with Gasteiger partial charge in [0, 0.05) is 10.0 Å². The van der Waals surface area contributed by atoms with Crippen molar-refractivity contribution >= 4 is 38.1 Å². The average Bonchev–Trinajstić information content (AvgIpc) is 2.35. The van der Waals surface area contributed by atoms with E-state index in [9.17, 15) is 13.6 Å². The summed E-state index contributed by atoms with van der Waals surface area (Å²) in [6, 6.07) is 7.20. The summed E-state index contributed by atoms with van der Waals surface area (Å²) in [7, 11) is 0. The van der Waals surface area contributed by atoms with Gasteiger partial charge in [-0.2, -0.15) is 0 Å². The highest BCUT2D eigenvalue weighted by molar-refractivity contribution is 9.10. The Hall–Kier alpha value is -1.07. The molecule has 0 saturated heterocycles. The Morgan fingerprint density at radius 2 is 1.78 bits per heavy atom. The van der Waals surface area contributed by atoms with Crippen molar-refractivity contribution in [1.29, 1.82) is 0 Å². The highest BCUT2D eigenvalue weighted by Gasteiger charge is 2.12. The van der Waals surface area contributed by atoms with Crippen LogP contribution in [0.5, 0.6) is 0 Å². The van der Waals surface area contributed by atoms with Gasteiger partial charge in [0.05, 0.1) is 10.0 Å². The number of carbonyl (C=O) groups excluding carboxylic acids is 1. The quantitative estimate of drug-likeness (QED) is 0.677. The lowest BCUT2D eigenvalue weighted by Gasteiger charge is -2.07. The number of hydrogen-bond acceptors (Lipinski definition) is 1. The molecule has 0 heterocycles. The zero-order valence-corrected chi connectivity index (χ0v) is 12.1. The fraction of sp³-hybridized carbons (Fsp3) is 0. The third-order valence-corrected chi connectivity index (χ3v) is 3.49. The van der Waals surface area contributed by atoms with E-state index in [0.717, 1.165) is 0 Å². The second-order valence-electron chi connectivity index (χ2n) is 3.60. The first-order valence-corrected chi connectivity index (χ1v) is 6.51. The number of halogens is 4. The summed E-state index contributed by atoms with van der Waals surface area (Å²) < 4.78 is 28.0. The molecule has 0 spiro atoms. The summed E-state index contributed by atoms with van der Waals surface area (Å²) in [5, 5.41) is 0. The van der Waals surface area contributed by atoms with Gasteiger partial charge < -0.3 is 0 Å². The van der Waals surface area contributed by atoms with E-state index < -0.39 is 11.6 Å². The van der Waals surface area contributed by atoms with Gasteiger partial charge in [-0.3, -0.25) is 4.79 Å². The molecule has 0 atom stereocenters. The Morgan fingerprint density at radius 3 is 2.44 bits per heavy atom. The third-order valence-electron chi connectivity index (χ3n) is 2.42. The molecule has 2 aromatic carbocycles. The monoisotopic (exact) mass is 374 g/mol. The summed E-state index contributed by atoms with van der Waals surface area (Å²) in [4.78, 5) is 10.8. The first-order chi connectivity index (χ1) is 8.52. The molecule has 5 heteroatoms. The van der Waals surface area contributed by atoms with Crippen molar-refractivity contribution in [2.24, 2.45) is 0 Å². The average molecular weight is 376 g/mol. The predicted octanol–water partition coefficient (Wildman–Crippen LogP) is 4.97. The minimum Gasteiger partial charge on any atom is -0.298 e. The maximum Gasteiger partial charge on any atom is 0.153 e. The van der Waals surface area contributed by atoms with Crippen LogP contribution < -0.4 is 0 Å². The summed E-state index contributed by atoms with van der Waals surface area (Å²) in [5.74, 6) is -1.09. The number of aldehydes is 1. The van der Waals surface area contributed by atoms with Gasteiger partial charge in [0.1, 0.15) is 11.6 Å². The van der Waals surface area contributed by atoms with E-state index in [1.165, 1.54) is 18.2 Å². The lowest BCUT2D eigenvalue weighted by molar-refractivity contribution is 0.111. The van der Waals surface area contributed by atoms with E-state index in [2.05, 4.69) is 31.9 Å². The Bertz CT molecular complexity index is 627. The van der Waals surface area contributed by atoms with Crippen LogP contribution in [0.3, 0.4) is 0 Å². The second-order valence-corrected chi connectivity index (χ2v) is 5.37. The van der Waals surface area contributed by atoms with Crippen LogP contribution in [0.1, 0.15) is 10.4 Å². The largest absolute Gasteiger partial charge is 0.298 e. The first-order valence-electron chi connectivity index (χ1n) is 4.92. The van der Waals surface area contributed by atoms with Crippen molar-refractivity contribution in [3.05, 3.63) is 56.5 Å². The predicted molar refractivity (Wildman–Crippen MR) is 72.6 cm³/mol. The second kappa shape index (κ2) is 5.28. The summed E-state index contributed by atoms with van der Waals surface area (Å²) >= 11 is 6.25. The Morgan fingerprint density at radius 1 is 1.06 bits per heavy atom. The standard InChI is InChI=1S/C13H6Br2F2O/c14-9-1-2-12(16)10(5-9)7-3-8(6-18)13(17)11(15)4-7/h1-6H. The minimum atomic E-state index is -0.649. The van der Waals surface area contributed by atoms with Crippen LogP contribution in [-0.4, -0.2) is 6.29 Å². The molecule has 18 heavy (non-hydrogen) atoms. The molecule has 0 amide bonds. The number of rotatable bonds is 2. The van der Waals surface area contributed by atoms with E-state index in [1.54, 1.807) is 12.1 Å². The van der Waals surface area contributed by atoms with Crippen LogP contribution in [0.15, 0.2) is 39.3 Å². The van der Waals surface area contributed by atoms with Gasteiger partial charge in [-0.25, -0.2) is 8.78 Å². The molecule has 0 unspecified atom stereocenters. The molecular formula is C13H6Br2F2O. The summed E-state index contributed by atoms with van der Waals surface area (Å²) in [6.45, 7) is 0. The zero-order chi connectivity index (χ0) is 13.3. The van der Waals surface area contributed by atoms with Crippen LogP contribution in [0, 0.1) is 11.6 Å². The Balaban J connectivity index is 2.67. The van der Waals surface area contributed by atoms with Crippen molar-refractivity contribution in [1.82, 2.24) is 0 Å². The Kier molecular flexibility index (Phi) is 3.92. The van der Waals surface area contributed by atoms with Crippen molar-refractivity contribution in [3.63, 3.8) is 0 Å². The number of hydrogen-bond donors (Lipinski definition) is 0. The fourth-order valence-corrected chi connectivity index (χ4v) is 2.41. The van der Waals surface area contributed by atoms with Crippen LogP contribution in [0.2, 0.25) is 0 Å². The number of carbonyl (C=O) groups is 1. The molecule has 0 aliphatic heterocycles. The summed E-state index contributed by atoms with van der Waals surface area (Å²) in [6.07, 6.45) is 0.402. The lowest BCUT2D eigenvalue weighted by atomic mass is 10.0. The SMILES string of the molecule is O=Cc1cc(-c2cc(Br)ccc2F)cc(Br)c1F. The molecule has 2 aromatic rings. The first kappa shape index (κ1) is 13.4. The highest BCUT2D eigenvalue weighted by atomic mass is 79.9.